The van der Waals surface area contributed by atoms with Gasteiger partial charge in [0.05, 0.1) is 5.69 Å². The van der Waals surface area contributed by atoms with Crippen molar-refractivity contribution in [3.05, 3.63) is 53.6 Å². The number of carbonyl (C=O) groups is 1. The first kappa shape index (κ1) is 21.9. The van der Waals surface area contributed by atoms with E-state index < -0.39 is 12.1 Å². The quantitative estimate of drug-likeness (QED) is 0.795. The number of likely N-dealkylation sites (tertiary alicyclic amines) is 1. The molecule has 1 fully saturated rings. The van der Waals surface area contributed by atoms with Crippen LogP contribution >= 0.6 is 0 Å². The maximum atomic E-state index is 13.7. The minimum Gasteiger partial charge on any atom is -0.475 e. The lowest BCUT2D eigenvalue weighted by Crippen LogP contribution is -2.34. The molecule has 0 atom stereocenters. The number of alkyl halides is 3. The summed E-state index contributed by atoms with van der Waals surface area (Å²) in [6.45, 7) is 3.14. The van der Waals surface area contributed by atoms with Crippen LogP contribution in [0.5, 0.6) is 0 Å². The fourth-order valence-corrected chi connectivity index (χ4v) is 3.11. The van der Waals surface area contributed by atoms with Gasteiger partial charge in [-0.3, -0.25) is 9.58 Å². The SMILES string of the molecule is Cn1nccc1CN1CCC(Cc2ccccc2F)CC1.O=C(O)C(F)(F)F. The van der Waals surface area contributed by atoms with Crippen molar-refractivity contribution in [1.29, 1.82) is 0 Å². The van der Waals surface area contributed by atoms with Crippen molar-refractivity contribution in [3.8, 4) is 0 Å². The zero-order valence-electron chi connectivity index (χ0n) is 15.5. The van der Waals surface area contributed by atoms with Gasteiger partial charge in [0.2, 0.25) is 0 Å². The first-order valence-electron chi connectivity index (χ1n) is 8.89. The van der Waals surface area contributed by atoms with Crippen LogP contribution in [0.3, 0.4) is 0 Å². The number of nitrogens with zero attached hydrogens (tertiary/aromatic N) is 3. The van der Waals surface area contributed by atoms with E-state index in [1.165, 1.54) is 5.69 Å². The Morgan fingerprint density at radius 3 is 2.32 bits per heavy atom. The van der Waals surface area contributed by atoms with Crippen LogP contribution < -0.4 is 0 Å². The van der Waals surface area contributed by atoms with E-state index >= 15 is 0 Å². The van der Waals surface area contributed by atoms with Gasteiger partial charge in [0.1, 0.15) is 5.82 Å². The van der Waals surface area contributed by atoms with Crippen molar-refractivity contribution < 1.29 is 27.5 Å². The van der Waals surface area contributed by atoms with Crippen molar-refractivity contribution >= 4 is 5.97 Å². The second-order valence-corrected chi connectivity index (χ2v) is 6.76. The number of benzene rings is 1. The minimum atomic E-state index is -5.08. The maximum Gasteiger partial charge on any atom is 0.490 e. The molecule has 1 N–H and O–H groups in total. The summed E-state index contributed by atoms with van der Waals surface area (Å²) >= 11 is 0. The Balaban J connectivity index is 0.000000345. The number of hydrogen-bond acceptors (Lipinski definition) is 3. The van der Waals surface area contributed by atoms with E-state index in [0.29, 0.717) is 5.92 Å². The standard InChI is InChI=1S/C17H22FN3.C2HF3O2/c1-20-16(6-9-19-20)13-21-10-7-14(8-11-21)12-15-4-2-3-5-17(15)18;3-2(4,5)1(6)7/h2-6,9,14H,7-8,10-13H2,1H3;(H,6,7). The smallest absolute Gasteiger partial charge is 0.475 e. The Morgan fingerprint density at radius 1 is 1.21 bits per heavy atom. The zero-order chi connectivity index (χ0) is 20.7. The predicted molar refractivity (Wildman–Crippen MR) is 95.0 cm³/mol. The molecule has 154 valence electrons. The molecular formula is C19H23F4N3O2. The Bertz CT molecular complexity index is 769. The van der Waals surface area contributed by atoms with Gasteiger partial charge < -0.3 is 5.11 Å². The van der Waals surface area contributed by atoms with Gasteiger partial charge in [-0.05, 0) is 56.0 Å². The van der Waals surface area contributed by atoms with E-state index in [4.69, 9.17) is 9.90 Å². The first-order chi connectivity index (χ1) is 13.2. The molecule has 0 spiro atoms. The van der Waals surface area contributed by atoms with Crippen molar-refractivity contribution in [2.45, 2.75) is 32.0 Å². The molecule has 0 aliphatic carbocycles. The summed E-state index contributed by atoms with van der Waals surface area (Å²) in [6.07, 6.45) is -0.0785. The summed E-state index contributed by atoms with van der Waals surface area (Å²) < 4.78 is 47.4. The molecule has 28 heavy (non-hydrogen) atoms. The van der Waals surface area contributed by atoms with Crippen molar-refractivity contribution in [2.75, 3.05) is 13.1 Å². The van der Waals surface area contributed by atoms with Crippen molar-refractivity contribution in [1.82, 2.24) is 14.7 Å². The van der Waals surface area contributed by atoms with E-state index in [-0.39, 0.29) is 5.82 Å². The average molecular weight is 401 g/mol. The second-order valence-electron chi connectivity index (χ2n) is 6.76. The molecule has 3 rings (SSSR count). The largest absolute Gasteiger partial charge is 0.490 e. The van der Waals surface area contributed by atoms with Crippen LogP contribution in [0.1, 0.15) is 24.1 Å². The van der Waals surface area contributed by atoms with Crippen LogP contribution in [-0.2, 0) is 24.8 Å². The molecule has 1 aromatic carbocycles. The Labute approximate surface area is 160 Å². The third kappa shape index (κ3) is 6.63. The lowest BCUT2D eigenvalue weighted by atomic mass is 9.90. The summed E-state index contributed by atoms with van der Waals surface area (Å²) in [7, 11) is 1.99. The first-order valence-corrected chi connectivity index (χ1v) is 8.89. The van der Waals surface area contributed by atoms with E-state index in [9.17, 15) is 17.6 Å². The molecule has 5 nitrogen and oxygen atoms in total. The molecule has 0 radical (unpaired) electrons. The lowest BCUT2D eigenvalue weighted by molar-refractivity contribution is -0.192. The molecule has 1 aromatic heterocycles. The van der Waals surface area contributed by atoms with Crippen LogP contribution in [0, 0.1) is 11.7 Å². The van der Waals surface area contributed by atoms with Crippen LogP contribution in [0.2, 0.25) is 0 Å². The average Bonchev–Trinajstić information content (AvgIpc) is 3.03. The molecule has 0 amide bonds. The molecule has 9 heteroatoms. The summed E-state index contributed by atoms with van der Waals surface area (Å²) in [5.74, 6) is -2.22. The topological polar surface area (TPSA) is 58.4 Å². The number of aromatic nitrogens is 2. The number of piperidine rings is 1. The molecular weight excluding hydrogens is 378 g/mol. The molecule has 2 heterocycles. The fraction of sp³-hybridized carbons (Fsp3) is 0.474. The van der Waals surface area contributed by atoms with Gasteiger partial charge in [-0.1, -0.05) is 18.2 Å². The number of carboxylic acid groups (broad SMARTS) is 1. The number of carboxylic acids is 1. The normalized spacial score (nSPS) is 15.8. The van der Waals surface area contributed by atoms with Crippen LogP contribution in [-0.4, -0.2) is 45.0 Å². The third-order valence-electron chi connectivity index (χ3n) is 4.72. The molecule has 1 saturated heterocycles. The van der Waals surface area contributed by atoms with Crippen molar-refractivity contribution in [2.24, 2.45) is 13.0 Å². The third-order valence-corrected chi connectivity index (χ3v) is 4.72. The molecule has 1 aliphatic heterocycles. The molecule has 0 bridgehead atoms. The molecule has 0 unspecified atom stereocenters. The summed E-state index contributed by atoms with van der Waals surface area (Å²) in [5, 5.41) is 11.3. The number of hydrogen-bond donors (Lipinski definition) is 1. The summed E-state index contributed by atoms with van der Waals surface area (Å²) in [5.41, 5.74) is 2.12. The lowest BCUT2D eigenvalue weighted by Gasteiger charge is -2.32. The molecule has 0 saturated carbocycles. The summed E-state index contributed by atoms with van der Waals surface area (Å²) in [6, 6.07) is 9.24. The fourth-order valence-electron chi connectivity index (χ4n) is 3.11. The highest BCUT2D eigenvalue weighted by molar-refractivity contribution is 5.73. The highest BCUT2D eigenvalue weighted by Crippen LogP contribution is 2.23. The second kappa shape index (κ2) is 9.68. The van der Waals surface area contributed by atoms with Crippen LogP contribution in [0.25, 0.3) is 0 Å². The van der Waals surface area contributed by atoms with Gasteiger partial charge >= 0.3 is 12.1 Å². The van der Waals surface area contributed by atoms with Gasteiger partial charge in [-0.15, -0.1) is 0 Å². The van der Waals surface area contributed by atoms with Gasteiger partial charge in [0.25, 0.3) is 0 Å². The maximum absolute atomic E-state index is 13.7. The van der Waals surface area contributed by atoms with Crippen LogP contribution in [0.15, 0.2) is 36.5 Å². The predicted octanol–water partition coefficient (Wildman–Crippen LogP) is 3.65. The Kier molecular flexibility index (Phi) is 7.56. The van der Waals surface area contributed by atoms with E-state index in [0.717, 1.165) is 44.5 Å². The minimum absolute atomic E-state index is 0.0604. The zero-order valence-corrected chi connectivity index (χ0v) is 15.5. The van der Waals surface area contributed by atoms with Crippen LogP contribution in [0.4, 0.5) is 17.6 Å². The van der Waals surface area contributed by atoms with Gasteiger partial charge in [-0.25, -0.2) is 9.18 Å². The van der Waals surface area contributed by atoms with E-state index in [2.05, 4.69) is 16.1 Å². The molecule has 1 aliphatic rings. The Morgan fingerprint density at radius 2 is 1.82 bits per heavy atom. The number of aliphatic carboxylic acids is 1. The van der Waals surface area contributed by atoms with Gasteiger partial charge in [0.15, 0.2) is 0 Å². The van der Waals surface area contributed by atoms with Crippen molar-refractivity contribution in [3.63, 3.8) is 0 Å². The highest BCUT2D eigenvalue weighted by atomic mass is 19.4. The summed E-state index contributed by atoms with van der Waals surface area (Å²) in [4.78, 5) is 11.4. The number of rotatable bonds is 4. The number of aryl methyl sites for hydroxylation is 1. The van der Waals surface area contributed by atoms with Gasteiger partial charge in [0, 0.05) is 19.8 Å². The van der Waals surface area contributed by atoms with Gasteiger partial charge in [-0.2, -0.15) is 18.3 Å². The number of halogens is 4. The molecule has 2 aromatic rings. The monoisotopic (exact) mass is 401 g/mol. The van der Waals surface area contributed by atoms with E-state index in [1.54, 1.807) is 12.1 Å². The highest BCUT2D eigenvalue weighted by Gasteiger charge is 2.38. The van der Waals surface area contributed by atoms with E-state index in [1.807, 2.05) is 30.1 Å². The Hall–Kier alpha value is -2.42.